The summed E-state index contributed by atoms with van der Waals surface area (Å²) >= 11 is 0. The Kier molecular flexibility index (Phi) is 5.16. The molecule has 2 N–H and O–H groups in total. The van der Waals surface area contributed by atoms with Gasteiger partial charge in [0, 0.05) is 0 Å². The highest BCUT2D eigenvalue weighted by Crippen LogP contribution is 2.20. The van der Waals surface area contributed by atoms with E-state index in [4.69, 9.17) is 10.5 Å². The Morgan fingerprint density at radius 2 is 1.72 bits per heavy atom. The van der Waals surface area contributed by atoms with Crippen LogP contribution in [0.5, 0.6) is 0 Å². The molecule has 0 bridgehead atoms. The number of ether oxygens (including phenoxy) is 1. The third-order valence-electron chi connectivity index (χ3n) is 2.50. The lowest BCUT2D eigenvalue weighted by atomic mass is 10.0. The summed E-state index contributed by atoms with van der Waals surface area (Å²) in [5.74, 6) is 0. The quantitative estimate of drug-likeness (QED) is 0.826. The van der Waals surface area contributed by atoms with Gasteiger partial charge >= 0.3 is 6.18 Å². The van der Waals surface area contributed by atoms with E-state index in [0.29, 0.717) is 0 Å². The smallest absolute Gasteiger partial charge is 0.379 e. The van der Waals surface area contributed by atoms with E-state index in [1.165, 1.54) is 0 Å². The van der Waals surface area contributed by atoms with Crippen LogP contribution in [0.2, 0.25) is 0 Å². The Bertz CT molecular complexity index is 370. The molecule has 1 rings (SSSR count). The van der Waals surface area contributed by atoms with E-state index in [2.05, 4.69) is 0 Å². The van der Waals surface area contributed by atoms with Gasteiger partial charge in [-0.2, -0.15) is 13.2 Å². The van der Waals surface area contributed by atoms with Crippen molar-refractivity contribution in [3.05, 3.63) is 34.9 Å². The van der Waals surface area contributed by atoms with Crippen molar-refractivity contribution < 1.29 is 17.9 Å². The Labute approximate surface area is 105 Å². The highest BCUT2D eigenvalue weighted by atomic mass is 19.4. The van der Waals surface area contributed by atoms with Crippen molar-refractivity contribution in [2.45, 2.75) is 32.5 Å². The number of hydrogen-bond donors (Lipinski definition) is 1. The van der Waals surface area contributed by atoms with Crippen molar-refractivity contribution in [2.24, 2.45) is 5.73 Å². The summed E-state index contributed by atoms with van der Waals surface area (Å²) in [5, 5.41) is 0. The zero-order valence-electron chi connectivity index (χ0n) is 10.6. The van der Waals surface area contributed by atoms with Crippen LogP contribution in [0.15, 0.2) is 18.2 Å². The normalized spacial score (nSPS) is 13.7. The molecule has 0 heterocycles. The van der Waals surface area contributed by atoms with Crippen LogP contribution in [-0.2, 0) is 4.74 Å². The Hall–Kier alpha value is -1.07. The zero-order chi connectivity index (χ0) is 13.8. The van der Waals surface area contributed by atoms with Gasteiger partial charge in [0.2, 0.25) is 0 Å². The SMILES string of the molecule is Cc1cc(C)cc(C(N)COCCC(F)(F)F)c1. The van der Waals surface area contributed by atoms with E-state index in [9.17, 15) is 13.2 Å². The molecule has 5 heteroatoms. The van der Waals surface area contributed by atoms with Gasteiger partial charge in [-0.15, -0.1) is 0 Å². The molecule has 0 radical (unpaired) electrons. The summed E-state index contributed by atoms with van der Waals surface area (Å²) in [6, 6.07) is 5.47. The molecule has 102 valence electrons. The Balaban J connectivity index is 2.43. The second-order valence-corrected chi connectivity index (χ2v) is 4.47. The van der Waals surface area contributed by atoms with Gasteiger partial charge in [0.15, 0.2) is 0 Å². The molecule has 1 aromatic carbocycles. The predicted octanol–water partition coefficient (Wildman–Crippen LogP) is 3.27. The number of halogens is 3. The molecule has 0 fully saturated rings. The topological polar surface area (TPSA) is 35.2 Å². The molecule has 0 saturated carbocycles. The van der Waals surface area contributed by atoms with Gasteiger partial charge in [-0.25, -0.2) is 0 Å². The fraction of sp³-hybridized carbons (Fsp3) is 0.538. The summed E-state index contributed by atoms with van der Waals surface area (Å²) < 4.78 is 40.7. The fourth-order valence-electron chi connectivity index (χ4n) is 1.72. The number of hydrogen-bond acceptors (Lipinski definition) is 2. The minimum absolute atomic E-state index is 0.0962. The molecule has 0 aliphatic rings. The maximum atomic E-state index is 11.9. The highest BCUT2D eigenvalue weighted by Gasteiger charge is 2.26. The average molecular weight is 261 g/mol. The monoisotopic (exact) mass is 261 g/mol. The molecule has 0 aromatic heterocycles. The molecule has 0 amide bonds. The van der Waals surface area contributed by atoms with E-state index in [-0.39, 0.29) is 13.2 Å². The first-order chi connectivity index (χ1) is 8.28. The minimum atomic E-state index is -4.18. The molecule has 0 saturated heterocycles. The summed E-state index contributed by atoms with van der Waals surface area (Å²) in [6.45, 7) is 3.66. The van der Waals surface area contributed by atoms with Gasteiger partial charge in [-0.3, -0.25) is 0 Å². The van der Waals surface area contributed by atoms with Crippen LogP contribution in [0.4, 0.5) is 13.2 Å². The summed E-state index contributed by atoms with van der Waals surface area (Å²) in [5.41, 5.74) is 8.92. The maximum Gasteiger partial charge on any atom is 0.391 e. The van der Waals surface area contributed by atoms with Crippen LogP contribution in [-0.4, -0.2) is 19.4 Å². The average Bonchev–Trinajstić information content (AvgIpc) is 2.21. The molecular formula is C13H18F3NO. The Morgan fingerprint density at radius 3 is 2.22 bits per heavy atom. The second-order valence-electron chi connectivity index (χ2n) is 4.47. The highest BCUT2D eigenvalue weighted by molar-refractivity contribution is 5.30. The van der Waals surface area contributed by atoms with Crippen molar-refractivity contribution in [1.29, 1.82) is 0 Å². The van der Waals surface area contributed by atoms with Crippen LogP contribution >= 0.6 is 0 Å². The van der Waals surface area contributed by atoms with Crippen molar-refractivity contribution in [3.63, 3.8) is 0 Å². The van der Waals surface area contributed by atoms with Crippen molar-refractivity contribution >= 4 is 0 Å². The molecule has 2 nitrogen and oxygen atoms in total. The largest absolute Gasteiger partial charge is 0.391 e. The molecule has 1 aromatic rings. The fourth-order valence-corrected chi connectivity index (χ4v) is 1.72. The molecule has 1 atom stereocenters. The van der Waals surface area contributed by atoms with Gasteiger partial charge in [0.1, 0.15) is 0 Å². The van der Waals surface area contributed by atoms with Crippen LogP contribution < -0.4 is 5.73 Å². The molecular weight excluding hydrogens is 243 g/mol. The first kappa shape index (κ1) is 15.0. The summed E-state index contributed by atoms with van der Waals surface area (Å²) in [6.07, 6.45) is -5.11. The molecule has 0 aliphatic carbocycles. The van der Waals surface area contributed by atoms with E-state index in [1.807, 2.05) is 32.0 Å². The first-order valence-corrected chi connectivity index (χ1v) is 5.76. The van der Waals surface area contributed by atoms with Crippen LogP contribution in [0, 0.1) is 13.8 Å². The van der Waals surface area contributed by atoms with E-state index >= 15 is 0 Å². The Morgan fingerprint density at radius 1 is 1.17 bits per heavy atom. The van der Waals surface area contributed by atoms with Gasteiger partial charge in [0.25, 0.3) is 0 Å². The molecule has 0 aliphatic heterocycles. The van der Waals surface area contributed by atoms with E-state index in [0.717, 1.165) is 16.7 Å². The number of alkyl halides is 3. The number of rotatable bonds is 5. The van der Waals surface area contributed by atoms with E-state index in [1.54, 1.807) is 0 Å². The minimum Gasteiger partial charge on any atom is -0.379 e. The zero-order valence-corrected chi connectivity index (χ0v) is 10.6. The van der Waals surface area contributed by atoms with Gasteiger partial charge in [0.05, 0.1) is 25.7 Å². The maximum absolute atomic E-state index is 11.9. The van der Waals surface area contributed by atoms with Crippen molar-refractivity contribution in [2.75, 3.05) is 13.2 Å². The number of nitrogens with two attached hydrogens (primary N) is 1. The van der Waals surface area contributed by atoms with Crippen LogP contribution in [0.3, 0.4) is 0 Å². The second kappa shape index (κ2) is 6.20. The molecule has 1 unspecified atom stereocenters. The number of benzene rings is 1. The summed E-state index contributed by atoms with van der Waals surface area (Å²) in [7, 11) is 0. The van der Waals surface area contributed by atoms with Crippen molar-refractivity contribution in [1.82, 2.24) is 0 Å². The van der Waals surface area contributed by atoms with Crippen LogP contribution in [0.25, 0.3) is 0 Å². The lowest BCUT2D eigenvalue weighted by Gasteiger charge is -2.14. The van der Waals surface area contributed by atoms with Gasteiger partial charge < -0.3 is 10.5 Å². The van der Waals surface area contributed by atoms with Crippen molar-refractivity contribution in [3.8, 4) is 0 Å². The molecule has 0 spiro atoms. The van der Waals surface area contributed by atoms with E-state index < -0.39 is 18.6 Å². The van der Waals surface area contributed by atoms with Crippen LogP contribution in [0.1, 0.15) is 29.2 Å². The summed E-state index contributed by atoms with van der Waals surface area (Å²) in [4.78, 5) is 0. The third kappa shape index (κ3) is 5.51. The standard InChI is InChI=1S/C13H18F3NO/c1-9-5-10(2)7-11(6-9)12(17)8-18-4-3-13(14,15)16/h5-7,12H,3-4,8,17H2,1-2H3. The predicted molar refractivity (Wildman–Crippen MR) is 64.3 cm³/mol. The first-order valence-electron chi connectivity index (χ1n) is 5.76. The van der Waals surface area contributed by atoms with Gasteiger partial charge in [-0.05, 0) is 19.4 Å². The van der Waals surface area contributed by atoms with Gasteiger partial charge in [-0.1, -0.05) is 29.3 Å². The lowest BCUT2D eigenvalue weighted by molar-refractivity contribution is -0.145. The molecule has 18 heavy (non-hydrogen) atoms. The number of aryl methyl sites for hydroxylation is 2. The lowest BCUT2D eigenvalue weighted by Crippen LogP contribution is -2.19. The third-order valence-corrected chi connectivity index (χ3v) is 2.50.